The molecule has 1 aliphatic carbocycles. The minimum Gasteiger partial charge on any atom is -0.329 e. The van der Waals surface area contributed by atoms with Crippen molar-refractivity contribution >= 4 is 0 Å². The fourth-order valence-corrected chi connectivity index (χ4v) is 4.75. The molecule has 0 radical (unpaired) electrons. The van der Waals surface area contributed by atoms with Gasteiger partial charge in [-0.15, -0.1) is 0 Å². The predicted octanol–water partition coefficient (Wildman–Crippen LogP) is 2.56. The molecule has 1 saturated heterocycles. The summed E-state index contributed by atoms with van der Waals surface area (Å²) in [7, 11) is 0. The number of hydrogen-bond donors (Lipinski definition) is 1. The van der Waals surface area contributed by atoms with Crippen LogP contribution in [0, 0.1) is 11.8 Å². The van der Waals surface area contributed by atoms with Crippen LogP contribution >= 0.6 is 0 Å². The van der Waals surface area contributed by atoms with E-state index in [9.17, 15) is 0 Å². The Kier molecular flexibility index (Phi) is 5.49. The maximum absolute atomic E-state index is 6.30. The second-order valence-corrected chi connectivity index (χ2v) is 7.21. The van der Waals surface area contributed by atoms with Crippen LogP contribution in [0.3, 0.4) is 0 Å². The third-order valence-corrected chi connectivity index (χ3v) is 6.19. The molecule has 20 heavy (non-hydrogen) atoms. The first kappa shape index (κ1) is 16.3. The van der Waals surface area contributed by atoms with Gasteiger partial charge in [-0.2, -0.15) is 0 Å². The molecule has 4 atom stereocenters. The average Bonchev–Trinajstić information content (AvgIpc) is 2.93. The van der Waals surface area contributed by atoms with E-state index in [2.05, 4.69) is 37.5 Å². The van der Waals surface area contributed by atoms with Crippen molar-refractivity contribution in [2.45, 2.75) is 65.0 Å². The number of likely N-dealkylation sites (tertiary alicyclic amines) is 1. The van der Waals surface area contributed by atoms with Crippen molar-refractivity contribution < 1.29 is 0 Å². The molecule has 0 aromatic rings. The Morgan fingerprint density at radius 1 is 1.15 bits per heavy atom. The average molecular weight is 281 g/mol. The zero-order valence-electron chi connectivity index (χ0n) is 14.1. The summed E-state index contributed by atoms with van der Waals surface area (Å²) in [5.74, 6) is 1.58. The van der Waals surface area contributed by atoms with Crippen molar-refractivity contribution in [2.75, 3.05) is 32.7 Å². The third kappa shape index (κ3) is 2.90. The van der Waals surface area contributed by atoms with Crippen molar-refractivity contribution in [1.29, 1.82) is 0 Å². The first-order valence-corrected chi connectivity index (χ1v) is 8.76. The summed E-state index contributed by atoms with van der Waals surface area (Å²) in [5.41, 5.74) is 6.58. The van der Waals surface area contributed by atoms with Crippen LogP contribution in [-0.2, 0) is 0 Å². The molecule has 0 bridgehead atoms. The van der Waals surface area contributed by atoms with Crippen molar-refractivity contribution in [3.63, 3.8) is 0 Å². The molecule has 0 aromatic carbocycles. The van der Waals surface area contributed by atoms with Gasteiger partial charge in [0.25, 0.3) is 0 Å². The molecule has 1 heterocycles. The van der Waals surface area contributed by atoms with E-state index < -0.39 is 0 Å². The van der Waals surface area contributed by atoms with Crippen molar-refractivity contribution in [3.05, 3.63) is 0 Å². The van der Waals surface area contributed by atoms with Crippen LogP contribution in [0.2, 0.25) is 0 Å². The summed E-state index contributed by atoms with van der Waals surface area (Å²) < 4.78 is 0. The Bertz CT molecular complexity index is 303. The van der Waals surface area contributed by atoms with E-state index in [4.69, 9.17) is 5.73 Å². The summed E-state index contributed by atoms with van der Waals surface area (Å²) in [6.07, 6.45) is 5.36. The van der Waals surface area contributed by atoms with E-state index in [0.29, 0.717) is 0 Å². The number of likely N-dealkylation sites (N-methyl/N-ethyl adjacent to an activating group) is 1. The number of nitrogens with zero attached hydrogens (tertiary/aromatic N) is 2. The van der Waals surface area contributed by atoms with Crippen LogP contribution in [0.5, 0.6) is 0 Å². The highest BCUT2D eigenvalue weighted by atomic mass is 15.3. The lowest BCUT2D eigenvalue weighted by Gasteiger charge is -2.50. The molecule has 2 rings (SSSR count). The maximum atomic E-state index is 6.30. The lowest BCUT2D eigenvalue weighted by atomic mass is 9.68. The van der Waals surface area contributed by atoms with Crippen molar-refractivity contribution in [2.24, 2.45) is 17.6 Å². The normalized spacial score (nSPS) is 39.6. The summed E-state index contributed by atoms with van der Waals surface area (Å²) >= 11 is 0. The van der Waals surface area contributed by atoms with Gasteiger partial charge >= 0.3 is 0 Å². The van der Waals surface area contributed by atoms with Gasteiger partial charge in [0.15, 0.2) is 0 Å². The van der Waals surface area contributed by atoms with Crippen LogP contribution < -0.4 is 5.73 Å². The SMILES string of the molecule is CCN(CC)C1CCN(C2(CN)CC(C)CCC2C)C1. The third-order valence-electron chi connectivity index (χ3n) is 6.19. The summed E-state index contributed by atoms with van der Waals surface area (Å²) in [4.78, 5) is 5.39. The van der Waals surface area contributed by atoms with Gasteiger partial charge in [-0.1, -0.05) is 34.1 Å². The highest BCUT2D eigenvalue weighted by Gasteiger charge is 2.46. The largest absolute Gasteiger partial charge is 0.329 e. The first-order valence-electron chi connectivity index (χ1n) is 8.76. The van der Waals surface area contributed by atoms with Crippen LogP contribution in [0.4, 0.5) is 0 Å². The summed E-state index contributed by atoms with van der Waals surface area (Å²) in [5, 5.41) is 0. The van der Waals surface area contributed by atoms with Gasteiger partial charge < -0.3 is 5.73 Å². The fraction of sp³-hybridized carbons (Fsp3) is 1.00. The smallest absolute Gasteiger partial charge is 0.0360 e. The molecule has 2 N–H and O–H groups in total. The van der Waals surface area contributed by atoms with E-state index in [0.717, 1.165) is 24.4 Å². The number of nitrogens with two attached hydrogens (primary N) is 1. The van der Waals surface area contributed by atoms with Gasteiger partial charge in [-0.05, 0) is 44.2 Å². The molecule has 4 unspecified atom stereocenters. The maximum Gasteiger partial charge on any atom is 0.0360 e. The van der Waals surface area contributed by atoms with Crippen LogP contribution in [0.1, 0.15) is 53.4 Å². The quantitative estimate of drug-likeness (QED) is 0.840. The van der Waals surface area contributed by atoms with E-state index in [1.165, 1.54) is 51.9 Å². The minimum absolute atomic E-state index is 0.277. The van der Waals surface area contributed by atoms with E-state index in [1.54, 1.807) is 0 Å². The fourth-order valence-electron chi connectivity index (χ4n) is 4.75. The molecule has 1 aliphatic heterocycles. The molecule has 2 aliphatic rings. The molecule has 1 saturated carbocycles. The lowest BCUT2D eigenvalue weighted by Crippen LogP contribution is -2.60. The van der Waals surface area contributed by atoms with E-state index in [1.807, 2.05) is 0 Å². The van der Waals surface area contributed by atoms with Crippen LogP contribution in [-0.4, -0.2) is 54.1 Å². The number of rotatable bonds is 5. The predicted molar refractivity (Wildman–Crippen MR) is 86.9 cm³/mol. The van der Waals surface area contributed by atoms with Gasteiger partial charge in [-0.3, -0.25) is 9.80 Å². The molecule has 118 valence electrons. The Labute approximate surface area is 125 Å². The standard InChI is InChI=1S/C17H35N3/c1-5-19(6-2)16-9-10-20(12-16)17(13-18)11-14(3)7-8-15(17)4/h14-16H,5-13,18H2,1-4H3. The highest BCUT2D eigenvalue weighted by molar-refractivity contribution is 5.03. The topological polar surface area (TPSA) is 32.5 Å². The molecule has 0 amide bonds. The molecule has 3 nitrogen and oxygen atoms in total. The van der Waals surface area contributed by atoms with Gasteiger partial charge in [0.1, 0.15) is 0 Å². The van der Waals surface area contributed by atoms with Crippen molar-refractivity contribution in [3.8, 4) is 0 Å². The lowest BCUT2D eigenvalue weighted by molar-refractivity contribution is 0.00773. The van der Waals surface area contributed by atoms with Crippen LogP contribution in [0.15, 0.2) is 0 Å². The second-order valence-electron chi connectivity index (χ2n) is 7.21. The summed E-state index contributed by atoms with van der Waals surface area (Å²) in [6.45, 7) is 15.1. The van der Waals surface area contributed by atoms with E-state index in [-0.39, 0.29) is 5.54 Å². The minimum atomic E-state index is 0.277. The highest BCUT2D eigenvalue weighted by Crippen LogP contribution is 2.42. The summed E-state index contributed by atoms with van der Waals surface area (Å²) in [6, 6.07) is 0.748. The van der Waals surface area contributed by atoms with Crippen molar-refractivity contribution in [1.82, 2.24) is 9.80 Å². The molecule has 0 spiro atoms. The van der Waals surface area contributed by atoms with Crippen LogP contribution in [0.25, 0.3) is 0 Å². The molecule has 2 fully saturated rings. The second kappa shape index (κ2) is 6.76. The molecule has 3 heteroatoms. The van der Waals surface area contributed by atoms with E-state index >= 15 is 0 Å². The molecular formula is C17H35N3. The molecular weight excluding hydrogens is 246 g/mol. The zero-order valence-corrected chi connectivity index (χ0v) is 14.1. The Morgan fingerprint density at radius 3 is 2.45 bits per heavy atom. The van der Waals surface area contributed by atoms with Gasteiger partial charge in [0.2, 0.25) is 0 Å². The van der Waals surface area contributed by atoms with Gasteiger partial charge in [0, 0.05) is 31.2 Å². The zero-order chi connectivity index (χ0) is 14.8. The molecule has 0 aromatic heterocycles. The van der Waals surface area contributed by atoms with Gasteiger partial charge in [0.05, 0.1) is 0 Å². The first-order chi connectivity index (χ1) is 9.57. The Balaban J connectivity index is 2.09. The Morgan fingerprint density at radius 2 is 1.85 bits per heavy atom. The van der Waals surface area contributed by atoms with Gasteiger partial charge in [-0.25, -0.2) is 0 Å². The number of hydrogen-bond acceptors (Lipinski definition) is 3. The Hall–Kier alpha value is -0.120. The monoisotopic (exact) mass is 281 g/mol.